The maximum absolute atomic E-state index is 14.8. The molecular weight excluding hydrogens is 979 g/mol. The van der Waals surface area contributed by atoms with Crippen molar-refractivity contribution < 1.29 is 41.8 Å². The van der Waals surface area contributed by atoms with Gasteiger partial charge in [0.1, 0.15) is 24.0 Å². The Morgan fingerprint density at radius 1 is 0.907 bits per heavy atom. The predicted octanol–water partition coefficient (Wildman–Crippen LogP) is 7.26. The quantitative estimate of drug-likeness (QED) is 0.0879. The topological polar surface area (TPSA) is 206 Å². The van der Waals surface area contributed by atoms with Crippen molar-refractivity contribution >= 4 is 55.4 Å². The van der Waals surface area contributed by atoms with Gasteiger partial charge in [-0.3, -0.25) is 24.7 Å². The maximum Gasteiger partial charge on any atom is 0.297 e. The molecule has 1 amide bonds. The van der Waals surface area contributed by atoms with Crippen molar-refractivity contribution in [3.8, 4) is 11.6 Å². The fraction of sp³-hybridized carbons (Fsp3) is 0.527. The average molecular weight is 1040 g/mol. The Kier molecular flexibility index (Phi) is 12.3. The first-order valence-corrected chi connectivity index (χ1v) is 28.3. The summed E-state index contributed by atoms with van der Waals surface area (Å²) in [5, 5.41) is 16.8. The van der Waals surface area contributed by atoms with Gasteiger partial charge >= 0.3 is 0 Å². The van der Waals surface area contributed by atoms with Gasteiger partial charge in [0.05, 0.1) is 78.3 Å². The Bertz CT molecular complexity index is 3150. The van der Waals surface area contributed by atoms with Crippen molar-refractivity contribution in [3.05, 3.63) is 99.7 Å². The lowest BCUT2D eigenvalue weighted by molar-refractivity contribution is -0.384. The number of aromatic nitrogens is 2. The number of hydrogen-bond donors (Lipinski definition) is 3. The molecule has 5 saturated heterocycles. The van der Waals surface area contributed by atoms with Crippen molar-refractivity contribution in [1.29, 1.82) is 0 Å². The third-order valence-corrected chi connectivity index (χ3v) is 19.0. The van der Waals surface area contributed by atoms with Crippen LogP contribution >= 0.6 is 0 Å². The number of nitro benzene ring substituents is 1. The smallest absolute Gasteiger partial charge is 0.297 e. The van der Waals surface area contributed by atoms with Crippen molar-refractivity contribution in [2.75, 3.05) is 80.9 Å². The Balaban J connectivity index is 0.774. The summed E-state index contributed by atoms with van der Waals surface area (Å²) >= 11 is 0. The van der Waals surface area contributed by atoms with Crippen LogP contribution in [-0.4, -0.2) is 147 Å². The molecule has 3 N–H and O–H groups in total. The van der Waals surface area contributed by atoms with E-state index >= 15 is 0 Å². The van der Waals surface area contributed by atoms with Crippen LogP contribution < -0.4 is 29.3 Å². The highest BCUT2D eigenvalue weighted by Gasteiger charge is 2.51. The molecule has 0 bridgehead atoms. The van der Waals surface area contributed by atoms with Gasteiger partial charge in [-0.25, -0.2) is 13.1 Å². The van der Waals surface area contributed by atoms with E-state index in [4.69, 9.17) is 28.7 Å². The number of sulfonamides is 1. The number of anilines is 4. The van der Waals surface area contributed by atoms with Crippen LogP contribution in [0.2, 0.25) is 0 Å². The van der Waals surface area contributed by atoms with Gasteiger partial charge in [0.2, 0.25) is 5.88 Å². The number of piperidine rings is 1. The second-order valence-corrected chi connectivity index (χ2v) is 24.1. The summed E-state index contributed by atoms with van der Waals surface area (Å²) in [6.07, 6.45) is 7.93. The molecule has 9 heterocycles. The number of likely N-dealkylation sites (tertiary alicyclic amines) is 1. The molecule has 7 aliphatic heterocycles. The zero-order valence-corrected chi connectivity index (χ0v) is 43.4. The molecule has 1 aliphatic carbocycles. The Morgan fingerprint density at radius 2 is 1.72 bits per heavy atom. The number of ether oxygens (including phenoxy) is 5. The zero-order valence-electron chi connectivity index (χ0n) is 42.6. The SMILES string of the molecule is CC(C)c1ccccc1[C@@H]1CCCN1C1CC2(CCN(c3ccc(C(=O)NS(=O)(=O)c4cc5c(c([N+](=O)[O-])c4)N[C@H](C4CN(C6COC6)[C@H](C)CO4)CO5)c(N4c5cc6cc[nH]c6nc5O[C@H]5COC[C@@H]54)c3)CC2)C1. The highest BCUT2D eigenvalue weighted by atomic mass is 32.2. The average Bonchev–Trinajstić information content (AvgIpc) is 4.18. The van der Waals surface area contributed by atoms with E-state index in [1.807, 2.05) is 29.2 Å². The molecule has 2 aromatic heterocycles. The maximum atomic E-state index is 14.8. The normalized spacial score (nSPS) is 26.9. The van der Waals surface area contributed by atoms with Crippen molar-refractivity contribution in [2.45, 2.75) is 119 Å². The summed E-state index contributed by atoms with van der Waals surface area (Å²) in [5.41, 5.74) is 5.49. The number of nitrogens with one attached hydrogen (secondary N) is 3. The van der Waals surface area contributed by atoms with Gasteiger partial charge in [-0.2, -0.15) is 4.98 Å². The lowest BCUT2D eigenvalue weighted by atomic mass is 9.59. The van der Waals surface area contributed by atoms with E-state index in [0.29, 0.717) is 80.5 Å². The second kappa shape index (κ2) is 18.9. The third kappa shape index (κ3) is 8.65. The first-order chi connectivity index (χ1) is 36.3. The van der Waals surface area contributed by atoms with Crippen LogP contribution in [0, 0.1) is 15.5 Å². The standard InChI is InChI=1S/C55H65N9O10S/c1-32(2)39-7-4-5-8-40(39)43-9-6-16-61(43)36-23-55(24-36)13-17-60(18-14-55)35-10-11-41(44(20-35)63-46-19-34-12-15-56-52(34)58-54(46)74-50-31-71-30-47(50)63)53(65)59-75(68,69)38-21-45(64(66)67)51-48(22-38)73-29-42(57-51)49-25-62(33(3)26-72-49)37-27-70-28-37/h4-5,7-8,10-12,15,19-22,32-33,36-37,42-43,47,49-50,57H,6,9,13-14,16-18,23-31H2,1-3H3,(H,56,58)(H,59,65)/t33-,42+,43+,47+,49?,50+/m1/s1. The molecule has 8 aliphatic rings. The molecule has 6 fully saturated rings. The number of nitro groups is 1. The van der Waals surface area contributed by atoms with E-state index in [1.54, 1.807) is 12.3 Å². The number of benzene rings is 3. The molecule has 1 saturated carbocycles. The number of aromatic amines is 1. The van der Waals surface area contributed by atoms with Gasteiger partial charge < -0.3 is 43.8 Å². The number of amides is 1. The van der Waals surface area contributed by atoms with Crippen LogP contribution in [0.15, 0.2) is 77.8 Å². The van der Waals surface area contributed by atoms with Gasteiger partial charge in [-0.15, -0.1) is 0 Å². The summed E-state index contributed by atoms with van der Waals surface area (Å²) in [6.45, 7) is 12.5. The summed E-state index contributed by atoms with van der Waals surface area (Å²) in [5.74, 6) is -0.0766. The van der Waals surface area contributed by atoms with Crippen molar-refractivity contribution in [1.82, 2.24) is 24.5 Å². The minimum absolute atomic E-state index is 0.0131. The molecule has 1 spiro atoms. The Labute approximate surface area is 436 Å². The van der Waals surface area contributed by atoms with E-state index in [0.717, 1.165) is 49.6 Å². The first kappa shape index (κ1) is 48.6. The van der Waals surface area contributed by atoms with Crippen LogP contribution in [-0.2, 0) is 24.2 Å². The van der Waals surface area contributed by atoms with Gasteiger partial charge in [0, 0.05) is 67.2 Å². The van der Waals surface area contributed by atoms with E-state index < -0.39 is 43.6 Å². The summed E-state index contributed by atoms with van der Waals surface area (Å²) in [7, 11) is -4.73. The largest absolute Gasteiger partial charge is 0.489 e. The lowest BCUT2D eigenvalue weighted by Crippen LogP contribution is -2.62. The molecule has 20 heteroatoms. The summed E-state index contributed by atoms with van der Waals surface area (Å²) in [6, 6.07) is 21.3. The summed E-state index contributed by atoms with van der Waals surface area (Å²) in [4.78, 5) is 43.9. The summed E-state index contributed by atoms with van der Waals surface area (Å²) < 4.78 is 61.4. The van der Waals surface area contributed by atoms with Crippen LogP contribution in [0.25, 0.3) is 11.0 Å². The number of nitrogens with zero attached hydrogens (tertiary/aromatic N) is 6. The van der Waals surface area contributed by atoms with Crippen molar-refractivity contribution in [3.63, 3.8) is 0 Å². The van der Waals surface area contributed by atoms with Gasteiger partial charge in [0.15, 0.2) is 11.4 Å². The van der Waals surface area contributed by atoms with Crippen LogP contribution in [0.3, 0.4) is 0 Å². The predicted molar refractivity (Wildman–Crippen MR) is 281 cm³/mol. The third-order valence-electron chi connectivity index (χ3n) is 17.7. The van der Waals surface area contributed by atoms with E-state index in [1.165, 1.54) is 42.9 Å². The lowest BCUT2D eigenvalue weighted by Gasteiger charge is -2.56. The number of carbonyl (C=O) groups excluding carboxylic acids is 1. The zero-order chi connectivity index (χ0) is 51.3. The monoisotopic (exact) mass is 1040 g/mol. The molecule has 1 unspecified atom stereocenters. The molecule has 0 radical (unpaired) electrons. The first-order valence-electron chi connectivity index (χ1n) is 26.8. The van der Waals surface area contributed by atoms with E-state index in [-0.39, 0.29) is 53.3 Å². The number of rotatable bonds is 11. The number of carbonyl (C=O) groups is 1. The number of hydrogen-bond acceptors (Lipinski definition) is 16. The molecule has 3 aromatic carbocycles. The second-order valence-electron chi connectivity index (χ2n) is 22.5. The molecule has 6 atom stereocenters. The van der Waals surface area contributed by atoms with Crippen molar-refractivity contribution in [2.24, 2.45) is 5.41 Å². The van der Waals surface area contributed by atoms with Gasteiger partial charge in [-0.05, 0) is 105 Å². The number of pyridine rings is 1. The molecular formula is C55H65N9O10S. The molecule has 5 aromatic rings. The Hall–Kier alpha value is -6.03. The molecule has 75 heavy (non-hydrogen) atoms. The Morgan fingerprint density at radius 3 is 2.51 bits per heavy atom. The number of H-pyrrole nitrogens is 1. The van der Waals surface area contributed by atoms with Crippen LogP contribution in [0.1, 0.15) is 92.7 Å². The van der Waals surface area contributed by atoms with E-state index in [2.05, 4.69) is 74.8 Å². The number of morpholine rings is 1. The minimum Gasteiger partial charge on any atom is -0.489 e. The minimum atomic E-state index is -4.73. The molecule has 13 rings (SSSR count). The highest BCUT2D eigenvalue weighted by Crippen LogP contribution is 2.55. The highest BCUT2D eigenvalue weighted by molar-refractivity contribution is 7.90. The van der Waals surface area contributed by atoms with Gasteiger partial charge in [-0.1, -0.05) is 38.1 Å². The fourth-order valence-corrected chi connectivity index (χ4v) is 14.5. The van der Waals surface area contributed by atoms with Gasteiger partial charge in [0.25, 0.3) is 21.6 Å². The van der Waals surface area contributed by atoms with Crippen LogP contribution in [0.4, 0.5) is 28.4 Å². The van der Waals surface area contributed by atoms with Crippen LogP contribution in [0.5, 0.6) is 11.6 Å². The number of fused-ring (bicyclic) bond motifs is 4. The molecule has 396 valence electrons. The fourth-order valence-electron chi connectivity index (χ4n) is 13.5. The van der Waals surface area contributed by atoms with E-state index in [9.17, 15) is 23.3 Å². The molecule has 19 nitrogen and oxygen atoms in total.